The Labute approximate surface area is 498 Å². The smallest absolute Gasteiger partial charge is 0.272 e. The molecule has 2 fully saturated rings. The summed E-state index contributed by atoms with van der Waals surface area (Å²) in [5.74, 6) is -4.13. The van der Waals surface area contributed by atoms with E-state index in [9.17, 15) is 38.4 Å². The second-order valence-electron chi connectivity index (χ2n) is 23.2. The minimum absolute atomic E-state index is 0. The third kappa shape index (κ3) is 16.5. The van der Waals surface area contributed by atoms with Gasteiger partial charge in [-0.15, -0.1) is 24.8 Å². The molecule has 2 aliphatic heterocycles. The van der Waals surface area contributed by atoms with Crippen molar-refractivity contribution >= 4 is 72.1 Å². The van der Waals surface area contributed by atoms with Gasteiger partial charge in [0.1, 0.15) is 29.9 Å². The summed E-state index contributed by atoms with van der Waals surface area (Å²) in [4.78, 5) is 117. The summed E-state index contributed by atoms with van der Waals surface area (Å²) in [6.07, 6.45) is 0.0165. The lowest BCUT2D eigenvalue weighted by molar-refractivity contribution is -0.144. The summed E-state index contributed by atoms with van der Waals surface area (Å²) in [5.41, 5.74) is 1.41. The molecule has 2 aliphatic rings. The minimum atomic E-state index is -1.08. The number of hydrogen-bond donors (Lipinski definition) is 9. The van der Waals surface area contributed by atoms with E-state index in [0.29, 0.717) is 0 Å². The van der Waals surface area contributed by atoms with Gasteiger partial charge in [-0.1, -0.05) is 163 Å². The van der Waals surface area contributed by atoms with Gasteiger partial charge < -0.3 is 52.3 Å². The summed E-state index contributed by atoms with van der Waals surface area (Å²) in [7, 11) is 3.27. The molecule has 4 aromatic carbocycles. The molecule has 0 bridgehead atoms. The van der Waals surface area contributed by atoms with Gasteiger partial charge in [-0.2, -0.15) is 5.10 Å². The van der Waals surface area contributed by atoms with Crippen LogP contribution in [-0.4, -0.2) is 143 Å². The number of likely N-dealkylation sites (tertiary alicyclic amines) is 2. The SMILES string of the molecule is CN[C@@H](C)C(=O)N[C@H](C(=O)N1C[C@@H](NC(=O)c2cc(C(=O)N[C@H]3C[C@@H](C(=O)NC(c4ccccc4)c4ccccc4)N(C(=O)[C@@H](NC(=O)[C@H](C)NC)C(C)(C)C)C3)[nH]n2)C[C@H]1C(=O)NC(c1ccccc1)c1ccccc1)C(C)(C)C.Cl.Cl. The van der Waals surface area contributed by atoms with Crippen LogP contribution in [0.1, 0.15) is 124 Å². The van der Waals surface area contributed by atoms with E-state index in [-0.39, 0.29) is 62.1 Å². The molecule has 8 amide bonds. The summed E-state index contributed by atoms with van der Waals surface area (Å²) in [5, 5.41) is 30.6. The fraction of sp³-hybridized carbons (Fsp3) is 0.426. The predicted octanol–water partition coefficient (Wildman–Crippen LogP) is 4.74. The number of carbonyl (C=O) groups excluding carboxylic acids is 8. The Morgan fingerprint density at radius 3 is 1.14 bits per heavy atom. The third-order valence-electron chi connectivity index (χ3n) is 15.1. The van der Waals surface area contributed by atoms with E-state index >= 15 is 0 Å². The molecule has 0 aliphatic carbocycles. The number of nitrogens with zero attached hydrogens (tertiary/aromatic N) is 3. The van der Waals surface area contributed by atoms with Crippen LogP contribution in [0.2, 0.25) is 0 Å². The van der Waals surface area contributed by atoms with E-state index in [2.05, 4.69) is 52.7 Å². The van der Waals surface area contributed by atoms with Crippen LogP contribution in [0.3, 0.4) is 0 Å². The molecule has 0 unspecified atom stereocenters. The third-order valence-corrected chi connectivity index (χ3v) is 15.1. The molecular weight excluding hydrogens is 1100 g/mol. The van der Waals surface area contributed by atoms with Crippen molar-refractivity contribution in [2.24, 2.45) is 10.8 Å². The van der Waals surface area contributed by atoms with Gasteiger partial charge >= 0.3 is 0 Å². The maximum atomic E-state index is 14.8. The highest BCUT2D eigenvalue weighted by Gasteiger charge is 2.48. The molecular formula is C61H80Cl2N12O8. The Morgan fingerprint density at radius 2 is 0.831 bits per heavy atom. The molecule has 0 saturated carbocycles. The molecule has 9 N–H and O–H groups in total. The van der Waals surface area contributed by atoms with Crippen molar-refractivity contribution in [1.29, 1.82) is 0 Å². The van der Waals surface area contributed by atoms with Crippen molar-refractivity contribution in [3.8, 4) is 0 Å². The average Bonchev–Trinajstić information content (AvgIpc) is 4.27. The molecule has 83 heavy (non-hydrogen) atoms. The van der Waals surface area contributed by atoms with Crippen molar-refractivity contribution in [1.82, 2.24) is 62.5 Å². The number of carbonyl (C=O) groups is 8. The quantitative estimate of drug-likeness (QED) is 0.0514. The van der Waals surface area contributed by atoms with Gasteiger partial charge in [0.05, 0.1) is 24.2 Å². The first-order valence-electron chi connectivity index (χ1n) is 27.5. The molecule has 0 radical (unpaired) electrons. The number of rotatable bonds is 20. The zero-order chi connectivity index (χ0) is 58.8. The molecule has 7 rings (SSSR count). The Bertz CT molecular complexity index is 2740. The summed E-state index contributed by atoms with van der Waals surface area (Å²) < 4.78 is 0. The van der Waals surface area contributed by atoms with Gasteiger partial charge in [-0.05, 0) is 73.9 Å². The Kier molecular flexibility index (Phi) is 23.2. The number of hydrogen-bond acceptors (Lipinski definition) is 11. The molecule has 2 saturated heterocycles. The van der Waals surface area contributed by atoms with Crippen LogP contribution in [0, 0.1) is 10.8 Å². The number of aromatic amines is 1. The molecule has 5 aromatic rings. The highest BCUT2D eigenvalue weighted by Crippen LogP contribution is 2.31. The van der Waals surface area contributed by atoms with E-state index in [4.69, 9.17) is 0 Å². The van der Waals surface area contributed by atoms with Crippen LogP contribution in [0.5, 0.6) is 0 Å². The van der Waals surface area contributed by atoms with Gasteiger partial charge in [-0.25, -0.2) is 0 Å². The highest BCUT2D eigenvalue weighted by molar-refractivity contribution is 5.99. The number of nitrogens with one attached hydrogen (secondary N) is 9. The van der Waals surface area contributed by atoms with Crippen LogP contribution in [-0.2, 0) is 28.8 Å². The first-order valence-corrected chi connectivity index (χ1v) is 27.5. The Hall–Kier alpha value is -7.65. The second kappa shape index (κ2) is 29.0. The first-order chi connectivity index (χ1) is 38.5. The fourth-order valence-electron chi connectivity index (χ4n) is 10.1. The van der Waals surface area contributed by atoms with Crippen LogP contribution >= 0.6 is 24.8 Å². The lowest BCUT2D eigenvalue weighted by atomic mass is 9.85. The van der Waals surface area contributed by atoms with E-state index in [1.54, 1.807) is 27.9 Å². The molecule has 1 aromatic heterocycles. The number of amides is 8. The number of likely N-dealkylation sites (N-methyl/N-ethyl adjacent to an activating group) is 2. The second-order valence-corrected chi connectivity index (χ2v) is 23.2. The molecule has 0 spiro atoms. The van der Waals surface area contributed by atoms with E-state index in [0.717, 1.165) is 22.3 Å². The highest BCUT2D eigenvalue weighted by atomic mass is 35.5. The number of benzene rings is 4. The molecule has 22 heteroatoms. The monoisotopic (exact) mass is 1180 g/mol. The lowest BCUT2D eigenvalue weighted by Crippen LogP contribution is -2.59. The van der Waals surface area contributed by atoms with Crippen molar-refractivity contribution in [2.75, 3.05) is 27.2 Å². The Morgan fingerprint density at radius 1 is 0.506 bits per heavy atom. The molecule has 446 valence electrons. The van der Waals surface area contributed by atoms with Crippen molar-refractivity contribution in [2.45, 2.75) is 129 Å². The maximum absolute atomic E-state index is 14.8. The number of aromatic nitrogens is 2. The predicted molar refractivity (Wildman–Crippen MR) is 321 cm³/mol. The topological polar surface area (TPSA) is 268 Å². The number of H-pyrrole nitrogens is 1. The van der Waals surface area contributed by atoms with Gasteiger partial charge in [0.2, 0.25) is 35.4 Å². The van der Waals surface area contributed by atoms with Crippen molar-refractivity contribution < 1.29 is 38.4 Å². The summed E-state index contributed by atoms with van der Waals surface area (Å²) in [6.45, 7) is 14.1. The Balaban J connectivity index is 0.00000631. The standard InChI is InChI=1S/C61H78N12O8.2ClH/c1-36(62-9)52(74)68-50(60(3,4)5)58(80)72-34-42(31-46(72)56(78)66-48(38-23-15-11-16-24-38)39-25-17-12-18-26-39)64-54(76)44-33-45(71-70-44)55(77)65-43-32-47(73(35-43)59(81)51(61(6,7)8)69-53(75)37(2)63-10)57(79)67-49(40-27-19-13-20-28-40)41-29-21-14-22-30-41;;/h11-30,33,36-37,42-43,46-51,62-63H,31-32,34-35H2,1-10H3,(H,64,76)(H,65,77)(H,66,78)(H,67,79)(H,68,74)(H,69,75)(H,70,71);2*1H/t36-,37-,42-,43-,46-,47-,50+,51+;;/m0../s1. The van der Waals surface area contributed by atoms with Crippen molar-refractivity contribution in [3.63, 3.8) is 0 Å². The van der Waals surface area contributed by atoms with Gasteiger partial charge in [-0.3, -0.25) is 43.5 Å². The van der Waals surface area contributed by atoms with Crippen LogP contribution < -0.4 is 42.5 Å². The van der Waals surface area contributed by atoms with E-state index < -0.39 is 119 Å². The average molecular weight is 1180 g/mol. The fourth-order valence-corrected chi connectivity index (χ4v) is 10.1. The van der Waals surface area contributed by atoms with Gasteiger partial charge in [0, 0.05) is 31.2 Å². The van der Waals surface area contributed by atoms with Gasteiger partial charge in [0.25, 0.3) is 11.8 Å². The van der Waals surface area contributed by atoms with E-state index in [1.807, 2.05) is 163 Å². The zero-order valence-corrected chi connectivity index (χ0v) is 50.3. The summed E-state index contributed by atoms with van der Waals surface area (Å²) in [6, 6.07) is 30.7. The largest absolute Gasteiger partial charge is 0.346 e. The first kappa shape index (κ1) is 66.2. The van der Waals surface area contributed by atoms with Crippen molar-refractivity contribution in [3.05, 3.63) is 161 Å². The molecule has 8 atom stereocenters. The molecule has 20 nitrogen and oxygen atoms in total. The van der Waals surface area contributed by atoms with Gasteiger partial charge in [0.15, 0.2) is 5.69 Å². The molecule has 3 heterocycles. The normalized spacial score (nSPS) is 18.3. The van der Waals surface area contributed by atoms with Crippen LogP contribution in [0.4, 0.5) is 0 Å². The van der Waals surface area contributed by atoms with E-state index in [1.165, 1.54) is 15.9 Å². The number of halogens is 2. The van der Waals surface area contributed by atoms with Crippen LogP contribution in [0.15, 0.2) is 127 Å². The lowest BCUT2D eigenvalue weighted by Gasteiger charge is -2.36. The minimum Gasteiger partial charge on any atom is -0.346 e. The van der Waals surface area contributed by atoms with Crippen LogP contribution in [0.25, 0.3) is 0 Å². The zero-order valence-electron chi connectivity index (χ0n) is 48.7. The summed E-state index contributed by atoms with van der Waals surface area (Å²) >= 11 is 0. The maximum Gasteiger partial charge on any atom is 0.272 e.